The van der Waals surface area contributed by atoms with Crippen molar-refractivity contribution >= 4 is 11.6 Å². The summed E-state index contributed by atoms with van der Waals surface area (Å²) in [6, 6.07) is 1.78. The Morgan fingerprint density at radius 3 is 2.84 bits per heavy atom. The van der Waals surface area contributed by atoms with Gasteiger partial charge in [0.2, 0.25) is 0 Å². The van der Waals surface area contributed by atoms with E-state index in [1.165, 1.54) is 25.7 Å². The van der Waals surface area contributed by atoms with E-state index in [0.29, 0.717) is 16.8 Å². The van der Waals surface area contributed by atoms with Gasteiger partial charge in [-0.2, -0.15) is 0 Å². The molecule has 19 heavy (non-hydrogen) atoms. The number of aromatic nitrogens is 1. The summed E-state index contributed by atoms with van der Waals surface area (Å²) >= 11 is 0. The minimum Gasteiger partial charge on any atom is -0.397 e. The summed E-state index contributed by atoms with van der Waals surface area (Å²) in [5, 5.41) is 3.12. The maximum atomic E-state index is 12.3. The van der Waals surface area contributed by atoms with Crippen molar-refractivity contribution in [2.75, 3.05) is 12.3 Å². The first kappa shape index (κ1) is 12.6. The Hall–Kier alpha value is -1.45. The van der Waals surface area contributed by atoms with E-state index < -0.39 is 0 Å². The Balaban J connectivity index is 1.63. The van der Waals surface area contributed by atoms with Gasteiger partial charge in [-0.3, -0.25) is 4.79 Å². The second-order valence-electron chi connectivity index (χ2n) is 6.17. The Morgan fingerprint density at radius 2 is 2.26 bits per heavy atom. The van der Waals surface area contributed by atoms with Gasteiger partial charge >= 0.3 is 0 Å². The van der Waals surface area contributed by atoms with Crippen LogP contribution in [0.15, 0.2) is 12.3 Å². The number of nitrogens with one attached hydrogen (secondary N) is 1. The van der Waals surface area contributed by atoms with E-state index in [2.05, 4.69) is 12.2 Å². The largest absolute Gasteiger partial charge is 0.397 e. The molecule has 0 radical (unpaired) electrons. The van der Waals surface area contributed by atoms with Gasteiger partial charge in [0.1, 0.15) is 5.69 Å². The van der Waals surface area contributed by atoms with Crippen molar-refractivity contribution in [3.05, 3.63) is 18.0 Å². The fraction of sp³-hybridized carbons (Fsp3) is 0.667. The summed E-state index contributed by atoms with van der Waals surface area (Å²) in [7, 11) is 0. The van der Waals surface area contributed by atoms with Gasteiger partial charge in [0.25, 0.3) is 5.91 Å². The van der Waals surface area contributed by atoms with Crippen molar-refractivity contribution in [1.82, 2.24) is 9.88 Å². The van der Waals surface area contributed by atoms with E-state index in [1.807, 2.05) is 10.8 Å². The molecule has 4 nitrogen and oxygen atoms in total. The molecule has 0 bridgehead atoms. The summed E-state index contributed by atoms with van der Waals surface area (Å²) in [6.45, 7) is 3.78. The zero-order chi connectivity index (χ0) is 13.5. The molecule has 0 atom stereocenters. The lowest BCUT2D eigenvalue weighted by molar-refractivity contribution is 0.0933. The van der Waals surface area contributed by atoms with Crippen LogP contribution in [0.2, 0.25) is 0 Å². The van der Waals surface area contributed by atoms with Crippen molar-refractivity contribution in [2.45, 2.75) is 45.6 Å². The van der Waals surface area contributed by atoms with Crippen LogP contribution in [0.5, 0.6) is 0 Å². The molecule has 2 fully saturated rings. The first-order chi connectivity index (χ1) is 9.14. The lowest BCUT2D eigenvalue weighted by atomic mass is 10.0. The number of hydrogen-bond acceptors (Lipinski definition) is 2. The molecular formula is C15H23N3O. The number of nitrogen functional groups attached to an aromatic ring is 1. The average molecular weight is 261 g/mol. The molecule has 1 heterocycles. The van der Waals surface area contributed by atoms with E-state index in [-0.39, 0.29) is 5.91 Å². The van der Waals surface area contributed by atoms with Gasteiger partial charge in [-0.05, 0) is 49.5 Å². The second-order valence-corrected chi connectivity index (χ2v) is 6.17. The number of aryl methyl sites for hydroxylation is 1. The lowest BCUT2D eigenvalue weighted by Gasteiger charge is -2.15. The van der Waals surface area contributed by atoms with Crippen LogP contribution in [-0.2, 0) is 6.54 Å². The third-order valence-electron chi connectivity index (χ3n) is 4.55. The van der Waals surface area contributed by atoms with Gasteiger partial charge in [-0.25, -0.2) is 0 Å². The minimum atomic E-state index is 0.0251. The van der Waals surface area contributed by atoms with E-state index in [9.17, 15) is 4.79 Å². The molecule has 2 saturated carbocycles. The smallest absolute Gasteiger partial charge is 0.268 e. The summed E-state index contributed by atoms with van der Waals surface area (Å²) in [5.41, 5.74) is 7.62. The molecular weight excluding hydrogens is 238 g/mol. The third-order valence-corrected chi connectivity index (χ3v) is 4.55. The molecule has 1 aromatic heterocycles. The van der Waals surface area contributed by atoms with Crippen molar-refractivity contribution < 1.29 is 4.79 Å². The Bertz CT molecular complexity index is 484. The van der Waals surface area contributed by atoms with Crippen molar-refractivity contribution in [3.63, 3.8) is 0 Å². The van der Waals surface area contributed by atoms with E-state index in [0.717, 1.165) is 25.4 Å². The number of carbonyl (C=O) groups excluding carboxylic acids is 1. The first-order valence-corrected chi connectivity index (χ1v) is 7.38. The van der Waals surface area contributed by atoms with Crippen LogP contribution in [-0.4, -0.2) is 17.0 Å². The molecule has 104 valence electrons. The molecule has 0 aromatic carbocycles. The standard InChI is InChI=1S/C15H23N3O/c1-2-7-18-9-12(16)8-13(18)14(19)17-10-15(5-6-15)11-3-4-11/h8-9,11H,2-7,10,16H2,1H3,(H,17,19). The number of anilines is 1. The topological polar surface area (TPSA) is 60.0 Å². The number of nitrogens with two attached hydrogens (primary N) is 1. The zero-order valence-corrected chi connectivity index (χ0v) is 11.6. The van der Waals surface area contributed by atoms with Gasteiger partial charge in [0.15, 0.2) is 0 Å². The predicted octanol–water partition coefficient (Wildman–Crippen LogP) is 2.40. The van der Waals surface area contributed by atoms with Crippen LogP contribution < -0.4 is 11.1 Å². The summed E-state index contributed by atoms with van der Waals surface area (Å²) < 4.78 is 1.96. The Kier molecular flexibility index (Phi) is 3.03. The molecule has 0 unspecified atom stereocenters. The van der Waals surface area contributed by atoms with Crippen molar-refractivity contribution in [3.8, 4) is 0 Å². The number of amides is 1. The van der Waals surface area contributed by atoms with Crippen LogP contribution in [0.25, 0.3) is 0 Å². The minimum absolute atomic E-state index is 0.0251. The molecule has 0 spiro atoms. The number of rotatable bonds is 6. The summed E-state index contributed by atoms with van der Waals surface area (Å²) in [4.78, 5) is 12.3. The number of hydrogen-bond donors (Lipinski definition) is 2. The van der Waals surface area contributed by atoms with Gasteiger partial charge in [0, 0.05) is 19.3 Å². The highest BCUT2D eigenvalue weighted by molar-refractivity contribution is 5.93. The predicted molar refractivity (Wildman–Crippen MR) is 75.9 cm³/mol. The van der Waals surface area contributed by atoms with Gasteiger partial charge in [0.05, 0.1) is 5.69 Å². The van der Waals surface area contributed by atoms with Crippen LogP contribution in [0.4, 0.5) is 5.69 Å². The van der Waals surface area contributed by atoms with Gasteiger partial charge < -0.3 is 15.6 Å². The highest BCUT2D eigenvalue weighted by Gasteiger charge is 2.53. The zero-order valence-electron chi connectivity index (χ0n) is 11.6. The summed E-state index contributed by atoms with van der Waals surface area (Å²) in [5.74, 6) is 0.900. The molecule has 0 saturated heterocycles. The maximum Gasteiger partial charge on any atom is 0.268 e. The highest BCUT2D eigenvalue weighted by atomic mass is 16.1. The van der Waals surface area contributed by atoms with Crippen LogP contribution in [0.1, 0.15) is 49.5 Å². The molecule has 0 aliphatic heterocycles. The monoisotopic (exact) mass is 261 g/mol. The number of nitrogens with zero attached hydrogens (tertiary/aromatic N) is 1. The molecule has 2 aliphatic carbocycles. The van der Waals surface area contributed by atoms with Gasteiger partial charge in [-0.1, -0.05) is 6.92 Å². The quantitative estimate of drug-likeness (QED) is 0.826. The SMILES string of the molecule is CCCn1cc(N)cc1C(=O)NCC1(C2CC2)CC1. The van der Waals surface area contributed by atoms with Crippen molar-refractivity contribution in [2.24, 2.45) is 11.3 Å². The number of carbonyl (C=O) groups is 1. The average Bonchev–Trinajstić information content (AvgIpc) is 3.25. The second kappa shape index (κ2) is 4.58. The Morgan fingerprint density at radius 1 is 1.53 bits per heavy atom. The van der Waals surface area contributed by atoms with E-state index >= 15 is 0 Å². The van der Waals surface area contributed by atoms with Crippen LogP contribution in [0.3, 0.4) is 0 Å². The fourth-order valence-corrected chi connectivity index (χ4v) is 3.08. The Labute approximate surface area is 114 Å². The van der Waals surface area contributed by atoms with Crippen molar-refractivity contribution in [1.29, 1.82) is 0 Å². The first-order valence-electron chi connectivity index (χ1n) is 7.38. The van der Waals surface area contributed by atoms with E-state index in [4.69, 9.17) is 5.73 Å². The summed E-state index contributed by atoms with van der Waals surface area (Å²) in [6.07, 6.45) is 8.14. The molecule has 4 heteroatoms. The maximum absolute atomic E-state index is 12.3. The molecule has 3 N–H and O–H groups in total. The third kappa shape index (κ3) is 2.48. The molecule has 1 aromatic rings. The molecule has 2 aliphatic rings. The van der Waals surface area contributed by atoms with Crippen LogP contribution >= 0.6 is 0 Å². The van der Waals surface area contributed by atoms with Gasteiger partial charge in [-0.15, -0.1) is 0 Å². The lowest BCUT2D eigenvalue weighted by Crippen LogP contribution is -2.32. The molecule has 1 amide bonds. The highest BCUT2D eigenvalue weighted by Crippen LogP contribution is 2.60. The van der Waals surface area contributed by atoms with Crippen LogP contribution in [0, 0.1) is 11.3 Å². The normalized spacial score (nSPS) is 20.3. The van der Waals surface area contributed by atoms with E-state index in [1.54, 1.807) is 6.07 Å². The molecule has 3 rings (SSSR count). The fourth-order valence-electron chi connectivity index (χ4n) is 3.08.